The quantitative estimate of drug-likeness (QED) is 0.819. The molecular formula is C22H35N5OS. The first kappa shape index (κ1) is 20.8. The van der Waals surface area contributed by atoms with Crippen molar-refractivity contribution in [3.8, 4) is 0 Å². The molecule has 1 aromatic rings. The van der Waals surface area contributed by atoms with Crippen LogP contribution in [0.4, 0.5) is 16.2 Å². The molecule has 2 amide bonds. The molecule has 0 unspecified atom stereocenters. The Kier molecular flexibility index (Phi) is 7.21. The van der Waals surface area contributed by atoms with Crippen LogP contribution >= 0.6 is 11.8 Å². The molecule has 3 saturated heterocycles. The summed E-state index contributed by atoms with van der Waals surface area (Å²) in [5.74, 6) is 2.39. The Morgan fingerprint density at radius 2 is 1.69 bits per heavy atom. The van der Waals surface area contributed by atoms with Crippen LogP contribution in [0.3, 0.4) is 0 Å². The minimum Gasteiger partial charge on any atom is -0.370 e. The lowest BCUT2D eigenvalue weighted by Gasteiger charge is -2.39. The first-order valence-corrected chi connectivity index (χ1v) is 12.3. The molecule has 3 heterocycles. The summed E-state index contributed by atoms with van der Waals surface area (Å²) in [6, 6.07) is 8.92. The number of hydrogen-bond donors (Lipinski definition) is 1. The van der Waals surface area contributed by atoms with Crippen LogP contribution in [0.15, 0.2) is 24.3 Å². The Hall–Kier alpha value is -1.44. The zero-order valence-electron chi connectivity index (χ0n) is 17.7. The van der Waals surface area contributed by atoms with Crippen molar-refractivity contribution in [3.05, 3.63) is 24.3 Å². The molecule has 29 heavy (non-hydrogen) atoms. The van der Waals surface area contributed by atoms with Crippen molar-refractivity contribution >= 4 is 29.2 Å². The molecule has 1 atom stereocenters. The number of anilines is 2. The summed E-state index contributed by atoms with van der Waals surface area (Å²) in [5.41, 5.74) is 2.15. The number of carbonyl (C=O) groups excluding carboxylic acids is 1. The van der Waals surface area contributed by atoms with Gasteiger partial charge in [-0.3, -0.25) is 4.90 Å². The van der Waals surface area contributed by atoms with Gasteiger partial charge in [-0.2, -0.15) is 11.8 Å². The van der Waals surface area contributed by atoms with E-state index < -0.39 is 0 Å². The molecule has 0 radical (unpaired) electrons. The normalized spacial score (nSPS) is 24.9. The van der Waals surface area contributed by atoms with Gasteiger partial charge in [-0.15, -0.1) is 0 Å². The zero-order valence-corrected chi connectivity index (χ0v) is 18.5. The molecule has 0 aliphatic carbocycles. The summed E-state index contributed by atoms with van der Waals surface area (Å²) in [6.45, 7) is 8.42. The standard InChI is InChI=1S/C22H35N5OS/c1-24-10-12-25(13-11-24)21-4-2-3-9-27(18-21)22(28)23-19-5-7-20(8-6-19)26-14-16-29-17-15-26/h5-8,21H,2-4,9-18H2,1H3,(H,23,28)/t21-/m1/s1. The fourth-order valence-electron chi connectivity index (χ4n) is 4.57. The van der Waals surface area contributed by atoms with Gasteiger partial charge in [0.15, 0.2) is 0 Å². The number of thioether (sulfide) groups is 1. The highest BCUT2D eigenvalue weighted by atomic mass is 32.2. The Balaban J connectivity index is 1.33. The number of carbonyl (C=O) groups is 1. The van der Waals surface area contributed by atoms with Crippen LogP contribution in [-0.2, 0) is 0 Å². The average molecular weight is 418 g/mol. The maximum Gasteiger partial charge on any atom is 0.321 e. The monoisotopic (exact) mass is 417 g/mol. The van der Waals surface area contributed by atoms with E-state index in [1.165, 1.54) is 30.0 Å². The van der Waals surface area contributed by atoms with Gasteiger partial charge in [0.1, 0.15) is 0 Å². The lowest BCUT2D eigenvalue weighted by Crippen LogP contribution is -2.52. The predicted molar refractivity (Wildman–Crippen MR) is 123 cm³/mol. The summed E-state index contributed by atoms with van der Waals surface area (Å²) < 4.78 is 0. The highest BCUT2D eigenvalue weighted by Gasteiger charge is 2.28. The molecule has 1 aromatic carbocycles. The third-order valence-corrected chi connectivity index (χ3v) is 7.43. The van der Waals surface area contributed by atoms with Crippen LogP contribution in [0.25, 0.3) is 0 Å². The summed E-state index contributed by atoms with van der Waals surface area (Å²) >= 11 is 2.02. The molecule has 3 aliphatic rings. The molecule has 7 heteroatoms. The van der Waals surface area contributed by atoms with Gasteiger partial charge < -0.3 is 20.0 Å². The predicted octanol–water partition coefficient (Wildman–Crippen LogP) is 2.87. The van der Waals surface area contributed by atoms with Gasteiger partial charge in [-0.25, -0.2) is 4.79 Å². The fraction of sp³-hybridized carbons (Fsp3) is 0.682. The van der Waals surface area contributed by atoms with Gasteiger partial charge in [-0.1, -0.05) is 6.42 Å². The fourth-order valence-corrected chi connectivity index (χ4v) is 5.47. The molecule has 0 bridgehead atoms. The first-order valence-electron chi connectivity index (χ1n) is 11.1. The summed E-state index contributed by atoms with van der Waals surface area (Å²) in [5, 5.41) is 3.14. The number of hydrogen-bond acceptors (Lipinski definition) is 5. The van der Waals surface area contributed by atoms with E-state index in [2.05, 4.69) is 39.2 Å². The lowest BCUT2D eigenvalue weighted by atomic mass is 10.1. The average Bonchev–Trinajstić information content (AvgIpc) is 3.02. The van der Waals surface area contributed by atoms with Crippen molar-refractivity contribution in [1.82, 2.24) is 14.7 Å². The highest BCUT2D eigenvalue weighted by molar-refractivity contribution is 7.99. The number of likely N-dealkylation sites (tertiary alicyclic amines) is 1. The van der Waals surface area contributed by atoms with Gasteiger partial charge in [-0.05, 0) is 44.2 Å². The number of likely N-dealkylation sites (N-methyl/N-ethyl adjacent to an activating group) is 1. The van der Waals surface area contributed by atoms with E-state index in [0.717, 1.165) is 64.5 Å². The maximum atomic E-state index is 13.0. The molecule has 3 fully saturated rings. The molecule has 4 rings (SSSR count). The number of rotatable bonds is 3. The van der Waals surface area contributed by atoms with Crippen LogP contribution < -0.4 is 10.2 Å². The molecule has 6 nitrogen and oxygen atoms in total. The SMILES string of the molecule is CN1CCN([C@@H]2CCCCN(C(=O)Nc3ccc(N4CCSCC4)cc3)C2)CC1. The van der Waals surface area contributed by atoms with Crippen LogP contribution in [0, 0.1) is 0 Å². The van der Waals surface area contributed by atoms with Gasteiger partial charge >= 0.3 is 6.03 Å². The Morgan fingerprint density at radius 3 is 2.41 bits per heavy atom. The minimum absolute atomic E-state index is 0.0492. The Labute approximate surface area is 179 Å². The van der Waals surface area contributed by atoms with Crippen molar-refractivity contribution < 1.29 is 4.79 Å². The van der Waals surface area contributed by atoms with E-state index in [-0.39, 0.29) is 6.03 Å². The van der Waals surface area contributed by atoms with Crippen LogP contribution in [0.2, 0.25) is 0 Å². The van der Waals surface area contributed by atoms with Gasteiger partial charge in [0.25, 0.3) is 0 Å². The number of nitrogens with zero attached hydrogens (tertiary/aromatic N) is 4. The second kappa shape index (κ2) is 10.0. The minimum atomic E-state index is 0.0492. The highest BCUT2D eigenvalue weighted by Crippen LogP contribution is 2.22. The van der Waals surface area contributed by atoms with Crippen molar-refractivity contribution in [2.75, 3.05) is 81.1 Å². The third kappa shape index (κ3) is 5.58. The van der Waals surface area contributed by atoms with E-state index in [9.17, 15) is 4.79 Å². The number of urea groups is 1. The van der Waals surface area contributed by atoms with Gasteiger partial charge in [0.05, 0.1) is 0 Å². The van der Waals surface area contributed by atoms with Crippen LogP contribution in [-0.4, -0.2) is 97.7 Å². The van der Waals surface area contributed by atoms with E-state index >= 15 is 0 Å². The molecule has 0 spiro atoms. The van der Waals surface area contributed by atoms with Crippen molar-refractivity contribution in [3.63, 3.8) is 0 Å². The summed E-state index contributed by atoms with van der Waals surface area (Å²) in [4.78, 5) is 22.4. The molecular weight excluding hydrogens is 382 g/mol. The summed E-state index contributed by atoms with van der Waals surface area (Å²) in [7, 11) is 2.19. The zero-order chi connectivity index (χ0) is 20.1. The van der Waals surface area contributed by atoms with Crippen molar-refractivity contribution in [2.24, 2.45) is 0 Å². The lowest BCUT2D eigenvalue weighted by molar-refractivity contribution is 0.0948. The van der Waals surface area contributed by atoms with Crippen LogP contribution in [0.5, 0.6) is 0 Å². The van der Waals surface area contributed by atoms with Crippen molar-refractivity contribution in [1.29, 1.82) is 0 Å². The van der Waals surface area contributed by atoms with E-state index in [0.29, 0.717) is 6.04 Å². The topological polar surface area (TPSA) is 42.1 Å². The smallest absolute Gasteiger partial charge is 0.321 e. The second-order valence-electron chi connectivity index (χ2n) is 8.51. The van der Waals surface area contributed by atoms with Crippen molar-refractivity contribution in [2.45, 2.75) is 25.3 Å². The molecule has 3 aliphatic heterocycles. The van der Waals surface area contributed by atoms with E-state index in [1.54, 1.807) is 0 Å². The third-order valence-electron chi connectivity index (χ3n) is 6.48. The molecule has 1 N–H and O–H groups in total. The molecule has 160 valence electrons. The van der Waals surface area contributed by atoms with E-state index in [4.69, 9.17) is 0 Å². The number of amides is 2. The van der Waals surface area contributed by atoms with Gasteiger partial charge in [0.2, 0.25) is 0 Å². The number of benzene rings is 1. The number of piperazine rings is 1. The second-order valence-corrected chi connectivity index (χ2v) is 9.74. The van der Waals surface area contributed by atoms with Gasteiger partial charge in [0, 0.05) is 81.3 Å². The van der Waals surface area contributed by atoms with E-state index in [1.807, 2.05) is 28.8 Å². The molecule has 0 saturated carbocycles. The first-order chi connectivity index (χ1) is 14.2. The molecule has 0 aromatic heterocycles. The maximum absolute atomic E-state index is 13.0. The Bertz CT molecular complexity index is 656. The summed E-state index contributed by atoms with van der Waals surface area (Å²) in [6.07, 6.45) is 3.52. The van der Waals surface area contributed by atoms with Crippen LogP contribution in [0.1, 0.15) is 19.3 Å². The Morgan fingerprint density at radius 1 is 0.966 bits per heavy atom. The number of nitrogens with one attached hydrogen (secondary N) is 1. The largest absolute Gasteiger partial charge is 0.370 e.